The van der Waals surface area contributed by atoms with Crippen LogP contribution in [0.4, 0.5) is 18.9 Å². The van der Waals surface area contributed by atoms with Crippen LogP contribution in [-0.4, -0.2) is 59.8 Å². The van der Waals surface area contributed by atoms with Crippen LogP contribution in [0.5, 0.6) is 0 Å². The van der Waals surface area contributed by atoms with Gasteiger partial charge in [0.05, 0.1) is 5.56 Å². The first kappa shape index (κ1) is 30.9. The molecule has 0 bridgehead atoms. The van der Waals surface area contributed by atoms with Crippen LogP contribution >= 0.6 is 0 Å². The fraction of sp³-hybridized carbons (Fsp3) is 0.448. The number of nitrogens with zero attached hydrogens (tertiary/aromatic N) is 2. The lowest BCUT2D eigenvalue weighted by atomic mass is 9.98. The van der Waals surface area contributed by atoms with E-state index >= 15 is 0 Å². The van der Waals surface area contributed by atoms with Crippen LogP contribution in [0.25, 0.3) is 0 Å². The fourth-order valence-electron chi connectivity index (χ4n) is 4.25. The molecule has 0 spiro atoms. The molecule has 0 saturated carbocycles. The molecule has 2 aromatic carbocycles. The lowest BCUT2D eigenvalue weighted by Crippen LogP contribution is -2.47. The molecule has 2 N–H and O–H groups in total. The molecule has 0 amide bonds. The van der Waals surface area contributed by atoms with E-state index < -0.39 is 23.7 Å². The Morgan fingerprint density at radius 1 is 0.921 bits per heavy atom. The largest absolute Gasteiger partial charge is 0.478 e. The minimum absolute atomic E-state index is 0.558. The minimum Gasteiger partial charge on any atom is -0.478 e. The van der Waals surface area contributed by atoms with E-state index in [1.54, 1.807) is 6.07 Å². The van der Waals surface area contributed by atoms with Crippen LogP contribution in [0.3, 0.4) is 0 Å². The predicted molar refractivity (Wildman–Crippen MR) is 143 cm³/mol. The number of rotatable bonds is 10. The molecule has 1 aliphatic heterocycles. The van der Waals surface area contributed by atoms with Gasteiger partial charge in [0, 0.05) is 50.6 Å². The number of hydrogen-bond donors (Lipinski definition) is 2. The monoisotopic (exact) mass is 534 g/mol. The summed E-state index contributed by atoms with van der Waals surface area (Å²) in [6.07, 6.45) is 2.77. The van der Waals surface area contributed by atoms with E-state index in [0.717, 1.165) is 51.6 Å². The lowest BCUT2D eigenvalue weighted by molar-refractivity contribution is -0.137. The first-order valence-corrected chi connectivity index (χ1v) is 12.9. The average Bonchev–Trinajstić information content (AvgIpc) is 2.88. The average molecular weight is 535 g/mol. The summed E-state index contributed by atoms with van der Waals surface area (Å²) < 4.78 is 38.9. The van der Waals surface area contributed by atoms with Crippen LogP contribution in [0.2, 0.25) is 0 Å². The summed E-state index contributed by atoms with van der Waals surface area (Å²) in [5.41, 5.74) is 4.32. The molecule has 2 aromatic rings. The second-order valence-electron chi connectivity index (χ2n) is 9.35. The number of carbonyl (C=O) groups is 2. The van der Waals surface area contributed by atoms with Gasteiger partial charge in [0.2, 0.25) is 0 Å². The Bertz CT molecular complexity index is 1060. The SMILES string of the molecule is CCCCCc1cc(CCN2CCN(c3cccc(C(F)(F)F)c3)CC2)ccc1C.O=C(O)/C=C/C(=O)O. The topological polar surface area (TPSA) is 81.1 Å². The van der Waals surface area contributed by atoms with E-state index in [4.69, 9.17) is 10.2 Å². The molecule has 1 saturated heterocycles. The number of carboxylic acids is 2. The quantitative estimate of drug-likeness (QED) is 0.295. The van der Waals surface area contributed by atoms with Crippen LogP contribution in [0.15, 0.2) is 54.6 Å². The maximum Gasteiger partial charge on any atom is 0.416 e. The van der Waals surface area contributed by atoms with Gasteiger partial charge in [-0.2, -0.15) is 13.2 Å². The van der Waals surface area contributed by atoms with Crippen LogP contribution in [0, 0.1) is 6.92 Å². The Labute approximate surface area is 222 Å². The molecule has 38 heavy (non-hydrogen) atoms. The number of aliphatic carboxylic acids is 2. The summed E-state index contributed by atoms with van der Waals surface area (Å²) in [7, 11) is 0. The molecule has 0 atom stereocenters. The summed E-state index contributed by atoms with van der Waals surface area (Å²) in [5.74, 6) is -2.51. The number of aryl methyl sites for hydroxylation is 2. The van der Waals surface area contributed by atoms with Crippen molar-refractivity contribution in [2.24, 2.45) is 0 Å². The molecular weight excluding hydrogens is 497 g/mol. The summed E-state index contributed by atoms with van der Waals surface area (Å²) in [6.45, 7) is 8.70. The molecule has 0 aromatic heterocycles. The molecule has 1 fully saturated rings. The number of piperazine rings is 1. The Morgan fingerprint density at radius 2 is 1.58 bits per heavy atom. The lowest BCUT2D eigenvalue weighted by Gasteiger charge is -2.36. The van der Waals surface area contributed by atoms with E-state index in [1.165, 1.54) is 48.1 Å². The van der Waals surface area contributed by atoms with Gasteiger partial charge in [0.1, 0.15) is 0 Å². The Balaban J connectivity index is 0.000000550. The van der Waals surface area contributed by atoms with Crippen molar-refractivity contribution < 1.29 is 33.0 Å². The van der Waals surface area contributed by atoms with Gasteiger partial charge in [-0.25, -0.2) is 9.59 Å². The van der Waals surface area contributed by atoms with Crippen molar-refractivity contribution in [3.63, 3.8) is 0 Å². The predicted octanol–water partition coefficient (Wildman–Crippen LogP) is 5.82. The van der Waals surface area contributed by atoms with E-state index in [9.17, 15) is 22.8 Å². The van der Waals surface area contributed by atoms with Gasteiger partial charge >= 0.3 is 18.1 Å². The van der Waals surface area contributed by atoms with Crippen LogP contribution in [0.1, 0.15) is 48.4 Å². The molecule has 9 heteroatoms. The van der Waals surface area contributed by atoms with Gasteiger partial charge in [0.15, 0.2) is 0 Å². The molecule has 6 nitrogen and oxygen atoms in total. The molecule has 3 rings (SSSR count). The van der Waals surface area contributed by atoms with Crippen LogP contribution in [-0.2, 0) is 28.6 Å². The van der Waals surface area contributed by atoms with E-state index in [-0.39, 0.29) is 0 Å². The molecule has 1 aliphatic rings. The van der Waals surface area contributed by atoms with Crippen molar-refractivity contribution in [1.29, 1.82) is 0 Å². The first-order chi connectivity index (χ1) is 18.0. The van der Waals surface area contributed by atoms with Gasteiger partial charge in [0.25, 0.3) is 0 Å². The maximum absolute atomic E-state index is 13.0. The van der Waals surface area contributed by atoms with Crippen molar-refractivity contribution in [2.45, 2.75) is 52.1 Å². The van der Waals surface area contributed by atoms with Crippen molar-refractivity contribution in [2.75, 3.05) is 37.6 Å². The third-order valence-corrected chi connectivity index (χ3v) is 6.46. The minimum atomic E-state index is -4.29. The zero-order chi connectivity index (χ0) is 28.1. The normalized spacial score (nSPS) is 14.3. The summed E-state index contributed by atoms with van der Waals surface area (Å²) in [4.78, 5) is 23.6. The van der Waals surface area contributed by atoms with Gasteiger partial charge < -0.3 is 15.1 Å². The number of hydrogen-bond acceptors (Lipinski definition) is 4. The van der Waals surface area contributed by atoms with E-state index in [2.05, 4.69) is 41.8 Å². The van der Waals surface area contributed by atoms with Crippen molar-refractivity contribution in [1.82, 2.24) is 4.90 Å². The van der Waals surface area contributed by atoms with Gasteiger partial charge in [-0.3, -0.25) is 4.90 Å². The number of anilines is 1. The van der Waals surface area contributed by atoms with Crippen molar-refractivity contribution in [3.05, 3.63) is 76.9 Å². The second-order valence-corrected chi connectivity index (χ2v) is 9.35. The molecule has 0 unspecified atom stereocenters. The van der Waals surface area contributed by atoms with E-state index in [0.29, 0.717) is 17.8 Å². The number of unbranched alkanes of at least 4 members (excludes halogenated alkanes) is 2. The van der Waals surface area contributed by atoms with Gasteiger partial charge in [-0.05, 0) is 61.1 Å². The number of halogens is 3. The highest BCUT2D eigenvalue weighted by Gasteiger charge is 2.31. The van der Waals surface area contributed by atoms with Crippen LogP contribution < -0.4 is 4.90 Å². The smallest absolute Gasteiger partial charge is 0.416 e. The Hall–Kier alpha value is -3.33. The molecule has 208 valence electrons. The fourth-order valence-corrected chi connectivity index (χ4v) is 4.25. The van der Waals surface area contributed by atoms with Crippen molar-refractivity contribution >= 4 is 17.6 Å². The summed E-state index contributed by atoms with van der Waals surface area (Å²) >= 11 is 0. The standard InChI is InChI=1S/C25H33F3N2.C4H4O4/c1-3-4-5-7-22-18-21(11-10-20(22)2)12-13-29-14-16-30(17-15-29)24-9-6-8-23(19-24)25(26,27)28;5-3(6)1-2-4(7)8/h6,8-11,18-19H,3-5,7,12-17H2,1-2H3;1-2H,(H,5,6)(H,7,8)/b;2-1+. The maximum atomic E-state index is 13.0. The second kappa shape index (κ2) is 15.2. The highest BCUT2D eigenvalue weighted by Crippen LogP contribution is 2.31. The van der Waals surface area contributed by atoms with Crippen molar-refractivity contribution in [3.8, 4) is 0 Å². The molecule has 0 aliphatic carbocycles. The zero-order valence-corrected chi connectivity index (χ0v) is 22.0. The third-order valence-electron chi connectivity index (χ3n) is 6.46. The Kier molecular flexibility index (Phi) is 12.3. The van der Waals surface area contributed by atoms with E-state index in [1.807, 2.05) is 0 Å². The third kappa shape index (κ3) is 11.0. The number of benzene rings is 2. The molecular formula is C29H37F3N2O4. The van der Waals surface area contributed by atoms with Gasteiger partial charge in [-0.15, -0.1) is 0 Å². The first-order valence-electron chi connectivity index (χ1n) is 12.9. The molecule has 1 heterocycles. The highest BCUT2D eigenvalue weighted by atomic mass is 19.4. The number of carboxylic acid groups (broad SMARTS) is 2. The zero-order valence-electron chi connectivity index (χ0n) is 22.0. The molecule has 0 radical (unpaired) electrons. The summed E-state index contributed by atoms with van der Waals surface area (Å²) in [5, 5.41) is 15.6. The Morgan fingerprint density at radius 3 is 2.16 bits per heavy atom. The van der Waals surface area contributed by atoms with Gasteiger partial charge in [-0.1, -0.05) is 44.0 Å². The highest BCUT2D eigenvalue weighted by molar-refractivity contribution is 5.89. The number of alkyl halides is 3. The summed E-state index contributed by atoms with van der Waals surface area (Å²) in [6, 6.07) is 12.5.